The normalized spacial score (nSPS) is 29.2. The molecule has 0 aliphatic heterocycles. The molecule has 2 unspecified atom stereocenters. The van der Waals surface area contributed by atoms with Crippen molar-refractivity contribution in [2.45, 2.75) is 69.9 Å². The second kappa shape index (κ2) is 8.23. The molecule has 2 atom stereocenters. The summed E-state index contributed by atoms with van der Waals surface area (Å²) in [7, 11) is 2.31. The van der Waals surface area contributed by atoms with Gasteiger partial charge in [-0.3, -0.25) is 0 Å². The van der Waals surface area contributed by atoms with Crippen LogP contribution in [-0.2, 0) is 0 Å². The first-order chi connectivity index (χ1) is 9.31. The average Bonchev–Trinajstić information content (AvgIpc) is 2.91. The predicted octanol–water partition coefficient (Wildman–Crippen LogP) is 2.36. The number of nitrogens with one attached hydrogen (secondary N) is 1. The maximum absolute atomic E-state index is 5.83. The van der Waals surface area contributed by atoms with Crippen LogP contribution in [0, 0.1) is 5.92 Å². The van der Waals surface area contributed by atoms with Gasteiger partial charge in [-0.05, 0) is 64.7 Å². The highest BCUT2D eigenvalue weighted by atomic mass is 15.1. The Bertz CT molecular complexity index is 238. The average molecular weight is 267 g/mol. The standard InChI is InChI=1S/C16H33N3/c1-19(15-8-3-2-4-9-15)12-6-11-18-16-10-5-7-14(16)13-17/h14-16,18H,2-13,17H2,1H3. The van der Waals surface area contributed by atoms with Crippen molar-refractivity contribution in [1.82, 2.24) is 10.2 Å². The lowest BCUT2D eigenvalue weighted by Crippen LogP contribution is -2.39. The first-order valence-electron chi connectivity index (χ1n) is 8.45. The number of nitrogens with two attached hydrogens (primary N) is 1. The summed E-state index contributed by atoms with van der Waals surface area (Å²) < 4.78 is 0. The number of hydrogen-bond donors (Lipinski definition) is 2. The van der Waals surface area contributed by atoms with Crippen LogP contribution >= 0.6 is 0 Å². The molecule has 0 heterocycles. The van der Waals surface area contributed by atoms with E-state index < -0.39 is 0 Å². The van der Waals surface area contributed by atoms with E-state index in [0.29, 0.717) is 6.04 Å². The van der Waals surface area contributed by atoms with Gasteiger partial charge in [0, 0.05) is 12.1 Å². The van der Waals surface area contributed by atoms with E-state index in [1.165, 1.54) is 64.3 Å². The highest BCUT2D eigenvalue weighted by molar-refractivity contribution is 4.83. The third-order valence-corrected chi connectivity index (χ3v) is 5.25. The Balaban J connectivity index is 1.55. The molecule has 3 N–H and O–H groups in total. The molecule has 2 aliphatic rings. The molecule has 2 saturated carbocycles. The van der Waals surface area contributed by atoms with E-state index in [1.807, 2.05) is 0 Å². The quantitative estimate of drug-likeness (QED) is 0.696. The lowest BCUT2D eigenvalue weighted by atomic mass is 9.94. The topological polar surface area (TPSA) is 41.3 Å². The summed E-state index contributed by atoms with van der Waals surface area (Å²) in [5, 5.41) is 3.73. The van der Waals surface area contributed by atoms with Gasteiger partial charge in [-0.15, -0.1) is 0 Å². The lowest BCUT2D eigenvalue weighted by molar-refractivity contribution is 0.188. The van der Waals surface area contributed by atoms with Crippen LogP contribution in [0.1, 0.15) is 57.8 Å². The molecule has 0 aromatic rings. The summed E-state index contributed by atoms with van der Waals surface area (Å²) in [6, 6.07) is 1.56. The Kier molecular flexibility index (Phi) is 6.62. The zero-order chi connectivity index (χ0) is 13.5. The summed E-state index contributed by atoms with van der Waals surface area (Å²) in [4.78, 5) is 2.59. The Hall–Kier alpha value is -0.120. The molecular weight excluding hydrogens is 234 g/mol. The molecule has 2 fully saturated rings. The molecule has 0 aromatic heterocycles. The summed E-state index contributed by atoms with van der Waals surface area (Å²) >= 11 is 0. The molecule has 2 aliphatic carbocycles. The SMILES string of the molecule is CN(CCCNC1CCCC1CN)C1CCCCC1. The van der Waals surface area contributed by atoms with Crippen LogP contribution < -0.4 is 11.1 Å². The van der Waals surface area contributed by atoms with E-state index in [0.717, 1.165) is 25.0 Å². The minimum absolute atomic E-state index is 0.699. The van der Waals surface area contributed by atoms with Gasteiger partial charge >= 0.3 is 0 Å². The van der Waals surface area contributed by atoms with Gasteiger partial charge in [-0.2, -0.15) is 0 Å². The van der Waals surface area contributed by atoms with Gasteiger partial charge < -0.3 is 16.0 Å². The van der Waals surface area contributed by atoms with Gasteiger partial charge in [0.15, 0.2) is 0 Å². The minimum Gasteiger partial charge on any atom is -0.330 e. The highest BCUT2D eigenvalue weighted by Gasteiger charge is 2.25. The molecule has 0 bridgehead atoms. The van der Waals surface area contributed by atoms with Gasteiger partial charge in [0.2, 0.25) is 0 Å². The van der Waals surface area contributed by atoms with Crippen LogP contribution in [-0.4, -0.2) is 43.7 Å². The molecule has 0 aromatic carbocycles. The van der Waals surface area contributed by atoms with E-state index in [-0.39, 0.29) is 0 Å². The molecular formula is C16H33N3. The third kappa shape index (κ3) is 4.73. The van der Waals surface area contributed by atoms with Crippen LogP contribution in [0.5, 0.6) is 0 Å². The van der Waals surface area contributed by atoms with Crippen molar-refractivity contribution in [1.29, 1.82) is 0 Å². The molecule has 112 valence electrons. The van der Waals surface area contributed by atoms with Crippen molar-refractivity contribution in [2.24, 2.45) is 11.7 Å². The van der Waals surface area contributed by atoms with Crippen molar-refractivity contribution in [3.05, 3.63) is 0 Å². The van der Waals surface area contributed by atoms with Crippen molar-refractivity contribution in [2.75, 3.05) is 26.7 Å². The molecule has 0 radical (unpaired) electrons. The first-order valence-corrected chi connectivity index (χ1v) is 8.45. The third-order valence-electron chi connectivity index (χ3n) is 5.25. The van der Waals surface area contributed by atoms with Gasteiger partial charge in [0.05, 0.1) is 0 Å². The summed E-state index contributed by atoms with van der Waals surface area (Å²) in [6.07, 6.45) is 12.5. The van der Waals surface area contributed by atoms with Crippen molar-refractivity contribution in [3.63, 3.8) is 0 Å². The Morgan fingerprint density at radius 3 is 2.58 bits per heavy atom. The maximum atomic E-state index is 5.83. The largest absolute Gasteiger partial charge is 0.330 e. The van der Waals surface area contributed by atoms with Gasteiger partial charge in [-0.1, -0.05) is 25.7 Å². The van der Waals surface area contributed by atoms with Gasteiger partial charge in [0.25, 0.3) is 0 Å². The fraction of sp³-hybridized carbons (Fsp3) is 1.00. The molecule has 0 amide bonds. The van der Waals surface area contributed by atoms with Crippen LogP contribution in [0.25, 0.3) is 0 Å². The van der Waals surface area contributed by atoms with Crippen LogP contribution in [0.15, 0.2) is 0 Å². The van der Waals surface area contributed by atoms with Crippen LogP contribution in [0.4, 0.5) is 0 Å². The molecule has 3 heteroatoms. The monoisotopic (exact) mass is 267 g/mol. The predicted molar refractivity (Wildman–Crippen MR) is 82.3 cm³/mol. The second-order valence-electron chi connectivity index (χ2n) is 6.61. The van der Waals surface area contributed by atoms with E-state index in [9.17, 15) is 0 Å². The highest BCUT2D eigenvalue weighted by Crippen LogP contribution is 2.24. The molecule has 3 nitrogen and oxygen atoms in total. The summed E-state index contributed by atoms with van der Waals surface area (Å²) in [6.45, 7) is 3.27. The van der Waals surface area contributed by atoms with Crippen LogP contribution in [0.3, 0.4) is 0 Å². The minimum atomic E-state index is 0.699. The van der Waals surface area contributed by atoms with Gasteiger partial charge in [-0.25, -0.2) is 0 Å². The van der Waals surface area contributed by atoms with Crippen LogP contribution in [0.2, 0.25) is 0 Å². The summed E-state index contributed by atoms with van der Waals surface area (Å²) in [5.74, 6) is 0.732. The van der Waals surface area contributed by atoms with Crippen molar-refractivity contribution < 1.29 is 0 Å². The van der Waals surface area contributed by atoms with E-state index in [4.69, 9.17) is 5.73 Å². The lowest BCUT2D eigenvalue weighted by Gasteiger charge is -2.31. The zero-order valence-corrected chi connectivity index (χ0v) is 12.7. The maximum Gasteiger partial charge on any atom is 0.0107 e. The summed E-state index contributed by atoms with van der Waals surface area (Å²) in [5.41, 5.74) is 5.83. The fourth-order valence-electron chi connectivity index (χ4n) is 3.91. The Labute approximate surface area is 119 Å². The van der Waals surface area contributed by atoms with Crippen molar-refractivity contribution in [3.8, 4) is 0 Å². The number of nitrogens with zero attached hydrogens (tertiary/aromatic N) is 1. The van der Waals surface area contributed by atoms with Crippen molar-refractivity contribution >= 4 is 0 Å². The van der Waals surface area contributed by atoms with E-state index in [2.05, 4.69) is 17.3 Å². The molecule has 19 heavy (non-hydrogen) atoms. The Morgan fingerprint density at radius 1 is 1.05 bits per heavy atom. The number of hydrogen-bond acceptors (Lipinski definition) is 3. The zero-order valence-electron chi connectivity index (χ0n) is 12.7. The Morgan fingerprint density at radius 2 is 1.84 bits per heavy atom. The van der Waals surface area contributed by atoms with E-state index >= 15 is 0 Å². The smallest absolute Gasteiger partial charge is 0.0107 e. The van der Waals surface area contributed by atoms with Gasteiger partial charge in [0.1, 0.15) is 0 Å². The fourth-order valence-corrected chi connectivity index (χ4v) is 3.91. The number of rotatable bonds is 7. The molecule has 2 rings (SSSR count). The second-order valence-corrected chi connectivity index (χ2v) is 6.61. The van der Waals surface area contributed by atoms with E-state index in [1.54, 1.807) is 0 Å². The first kappa shape index (κ1) is 15.3. The molecule has 0 saturated heterocycles. The molecule has 0 spiro atoms.